The molecule has 2 N–H and O–H groups in total. The zero-order chi connectivity index (χ0) is 15.2. The van der Waals surface area contributed by atoms with E-state index in [4.69, 9.17) is 5.11 Å². The number of amides is 1. The van der Waals surface area contributed by atoms with Crippen LogP contribution in [0.3, 0.4) is 0 Å². The number of carbonyl (C=O) groups excluding carboxylic acids is 1. The van der Waals surface area contributed by atoms with Crippen molar-refractivity contribution in [2.24, 2.45) is 0 Å². The van der Waals surface area contributed by atoms with Gasteiger partial charge in [0.2, 0.25) is 5.91 Å². The maximum Gasteiger partial charge on any atom is 0.243 e. The predicted octanol–water partition coefficient (Wildman–Crippen LogP) is 4.13. The van der Waals surface area contributed by atoms with Gasteiger partial charge in [-0.3, -0.25) is 4.79 Å². The third kappa shape index (κ3) is 10.2. The summed E-state index contributed by atoms with van der Waals surface area (Å²) in [6, 6.07) is 6.61. The van der Waals surface area contributed by atoms with Crippen molar-refractivity contribution in [2.45, 2.75) is 46.0 Å². The van der Waals surface area contributed by atoms with Crippen molar-refractivity contribution < 1.29 is 9.90 Å². The maximum absolute atomic E-state index is 10.8. The molecule has 0 saturated carbocycles. The summed E-state index contributed by atoms with van der Waals surface area (Å²) in [7, 11) is 1.57. The first-order chi connectivity index (χ1) is 9.63. The summed E-state index contributed by atoms with van der Waals surface area (Å²) >= 11 is 0. The van der Waals surface area contributed by atoms with Crippen molar-refractivity contribution in [1.29, 1.82) is 0 Å². The molecule has 3 heteroatoms. The van der Waals surface area contributed by atoms with E-state index in [0.29, 0.717) is 0 Å². The molecule has 20 heavy (non-hydrogen) atoms. The number of phenolic OH excluding ortho intramolecular Hbond substituents is 1. The summed E-state index contributed by atoms with van der Waals surface area (Å²) in [4.78, 5) is 10.8. The molecule has 0 aliphatic rings. The molecule has 0 bridgehead atoms. The highest BCUT2D eigenvalue weighted by molar-refractivity contribution is 5.91. The number of nitrogens with one attached hydrogen (secondary N) is 1. The van der Waals surface area contributed by atoms with Gasteiger partial charge >= 0.3 is 0 Å². The lowest BCUT2D eigenvalue weighted by molar-refractivity contribution is -0.115. The number of aromatic hydroxyl groups is 1. The average molecular weight is 277 g/mol. The lowest BCUT2D eigenvalue weighted by Crippen LogP contribution is -2.13. The average Bonchev–Trinajstić information content (AvgIpc) is 2.47. The molecular weight excluding hydrogens is 250 g/mol. The van der Waals surface area contributed by atoms with Gasteiger partial charge in [0, 0.05) is 13.1 Å². The number of phenols is 1. The molecule has 0 aliphatic carbocycles. The van der Waals surface area contributed by atoms with Crippen molar-refractivity contribution in [1.82, 2.24) is 5.32 Å². The fourth-order valence-electron chi connectivity index (χ4n) is 1.52. The Bertz CT molecular complexity index is 378. The van der Waals surface area contributed by atoms with Crippen LogP contribution in [0.4, 0.5) is 0 Å². The molecule has 1 amide bonds. The fourth-order valence-corrected chi connectivity index (χ4v) is 1.52. The minimum absolute atomic E-state index is 0.145. The second-order valence-corrected chi connectivity index (χ2v) is 4.60. The molecule has 1 aromatic rings. The van der Waals surface area contributed by atoms with E-state index in [-0.39, 0.29) is 11.7 Å². The molecule has 0 aromatic heterocycles. The van der Waals surface area contributed by atoms with Crippen LogP contribution in [0.2, 0.25) is 0 Å². The predicted molar refractivity (Wildman–Crippen MR) is 85.6 cm³/mol. The van der Waals surface area contributed by atoms with Gasteiger partial charge in [0.05, 0.1) is 0 Å². The molecule has 0 unspecified atom stereocenters. The Morgan fingerprint density at radius 3 is 2.10 bits per heavy atom. The summed E-state index contributed by atoms with van der Waals surface area (Å²) in [5, 5.41) is 11.4. The van der Waals surface area contributed by atoms with Crippen LogP contribution >= 0.6 is 0 Å². The molecule has 0 heterocycles. The number of likely N-dealkylation sites (N-methyl/N-ethyl adjacent to an activating group) is 1. The SMILES string of the molecule is CCCCCCC.CNC(=O)/C=C/c1ccc(O)cc1. The van der Waals surface area contributed by atoms with Gasteiger partial charge in [-0.05, 0) is 23.8 Å². The molecular formula is C17H27NO2. The largest absolute Gasteiger partial charge is 0.508 e. The fraction of sp³-hybridized carbons (Fsp3) is 0.471. The normalized spacial score (nSPS) is 9.95. The van der Waals surface area contributed by atoms with Gasteiger partial charge in [-0.15, -0.1) is 0 Å². The van der Waals surface area contributed by atoms with E-state index in [9.17, 15) is 4.79 Å². The molecule has 1 aromatic carbocycles. The molecule has 0 fully saturated rings. The highest BCUT2D eigenvalue weighted by Gasteiger charge is 1.90. The van der Waals surface area contributed by atoms with E-state index >= 15 is 0 Å². The Morgan fingerprint density at radius 1 is 1.10 bits per heavy atom. The van der Waals surface area contributed by atoms with Gasteiger partial charge in [-0.25, -0.2) is 0 Å². The molecule has 0 spiro atoms. The first-order valence-electron chi connectivity index (χ1n) is 7.32. The monoisotopic (exact) mass is 277 g/mol. The van der Waals surface area contributed by atoms with Crippen LogP contribution in [0.1, 0.15) is 51.5 Å². The van der Waals surface area contributed by atoms with E-state index in [1.807, 2.05) is 0 Å². The topological polar surface area (TPSA) is 49.3 Å². The molecule has 0 saturated heterocycles. The zero-order valence-electron chi connectivity index (χ0n) is 12.9. The third-order valence-corrected chi connectivity index (χ3v) is 2.77. The van der Waals surface area contributed by atoms with Gasteiger partial charge in [0.15, 0.2) is 0 Å². The standard InChI is InChI=1S/C10H11NO2.C7H16/c1-11-10(13)7-4-8-2-5-9(12)6-3-8;1-3-5-7-6-4-2/h2-7,12H,1H3,(H,11,13);3-7H2,1-2H3/b7-4+;. The summed E-state index contributed by atoms with van der Waals surface area (Å²) in [6.07, 6.45) is 10.1. The Morgan fingerprint density at radius 2 is 1.65 bits per heavy atom. The first kappa shape index (κ1) is 18.2. The van der Waals surface area contributed by atoms with Crippen molar-refractivity contribution in [3.63, 3.8) is 0 Å². The van der Waals surface area contributed by atoms with E-state index in [0.717, 1.165) is 5.56 Å². The van der Waals surface area contributed by atoms with E-state index in [1.165, 1.54) is 38.2 Å². The number of hydrogen-bond acceptors (Lipinski definition) is 2. The van der Waals surface area contributed by atoms with Gasteiger partial charge < -0.3 is 10.4 Å². The van der Waals surface area contributed by atoms with E-state index < -0.39 is 0 Å². The Kier molecular flexibility index (Phi) is 11.2. The second-order valence-electron chi connectivity index (χ2n) is 4.60. The molecule has 112 valence electrons. The second kappa shape index (κ2) is 12.3. The number of benzene rings is 1. The Labute approximate surface area is 122 Å². The molecule has 0 atom stereocenters. The Hall–Kier alpha value is -1.77. The molecule has 0 radical (unpaired) electrons. The summed E-state index contributed by atoms with van der Waals surface area (Å²) < 4.78 is 0. The van der Waals surface area contributed by atoms with Crippen LogP contribution in [0.5, 0.6) is 5.75 Å². The smallest absolute Gasteiger partial charge is 0.243 e. The van der Waals surface area contributed by atoms with Crippen LogP contribution < -0.4 is 5.32 Å². The summed E-state index contributed by atoms with van der Waals surface area (Å²) in [5.41, 5.74) is 0.876. The lowest BCUT2D eigenvalue weighted by Gasteiger charge is -1.93. The zero-order valence-corrected chi connectivity index (χ0v) is 12.9. The number of hydrogen-bond donors (Lipinski definition) is 2. The minimum atomic E-state index is -0.145. The third-order valence-electron chi connectivity index (χ3n) is 2.77. The van der Waals surface area contributed by atoms with Gasteiger partial charge in [0.25, 0.3) is 0 Å². The van der Waals surface area contributed by atoms with Gasteiger partial charge in [-0.1, -0.05) is 58.1 Å². The van der Waals surface area contributed by atoms with Crippen LogP contribution in [0, 0.1) is 0 Å². The molecule has 1 rings (SSSR count). The maximum atomic E-state index is 10.8. The van der Waals surface area contributed by atoms with Gasteiger partial charge in [0.1, 0.15) is 5.75 Å². The first-order valence-corrected chi connectivity index (χ1v) is 7.32. The quantitative estimate of drug-likeness (QED) is 0.607. The lowest BCUT2D eigenvalue weighted by atomic mass is 10.2. The minimum Gasteiger partial charge on any atom is -0.508 e. The molecule has 0 aliphatic heterocycles. The summed E-state index contributed by atoms with van der Waals surface area (Å²) in [5.74, 6) is 0.0742. The van der Waals surface area contributed by atoms with Crippen LogP contribution in [0.25, 0.3) is 6.08 Å². The summed E-state index contributed by atoms with van der Waals surface area (Å²) in [6.45, 7) is 4.49. The highest BCUT2D eigenvalue weighted by Crippen LogP contribution is 2.10. The van der Waals surface area contributed by atoms with Crippen molar-refractivity contribution in [3.8, 4) is 5.75 Å². The number of rotatable bonds is 6. The van der Waals surface area contributed by atoms with Crippen molar-refractivity contribution >= 4 is 12.0 Å². The van der Waals surface area contributed by atoms with Crippen LogP contribution in [0.15, 0.2) is 30.3 Å². The van der Waals surface area contributed by atoms with Crippen molar-refractivity contribution in [2.75, 3.05) is 7.05 Å². The highest BCUT2D eigenvalue weighted by atomic mass is 16.3. The van der Waals surface area contributed by atoms with E-state index in [2.05, 4.69) is 19.2 Å². The van der Waals surface area contributed by atoms with E-state index in [1.54, 1.807) is 37.4 Å². The molecule has 3 nitrogen and oxygen atoms in total. The van der Waals surface area contributed by atoms with Crippen molar-refractivity contribution in [3.05, 3.63) is 35.9 Å². The number of unbranched alkanes of at least 4 members (excludes halogenated alkanes) is 4. The Balaban J connectivity index is 0.000000441. The van der Waals surface area contributed by atoms with Gasteiger partial charge in [-0.2, -0.15) is 0 Å². The van der Waals surface area contributed by atoms with Crippen LogP contribution in [-0.2, 0) is 4.79 Å². The van der Waals surface area contributed by atoms with Crippen LogP contribution in [-0.4, -0.2) is 18.1 Å². The number of carbonyl (C=O) groups is 1.